The molecule has 0 heterocycles. The molecule has 1 saturated carbocycles. The Kier molecular flexibility index (Phi) is 4.25. The number of rotatable bonds is 5. The number of carbonyl (C=O) groups is 1. The summed E-state index contributed by atoms with van der Waals surface area (Å²) in [6.45, 7) is 2.02. The minimum absolute atomic E-state index is 0.0208. The first-order valence-corrected chi connectivity index (χ1v) is 7.72. The van der Waals surface area contributed by atoms with Crippen molar-refractivity contribution >= 4 is 5.91 Å². The van der Waals surface area contributed by atoms with Crippen LogP contribution in [-0.2, 0) is 4.74 Å². The van der Waals surface area contributed by atoms with Crippen LogP contribution >= 0.6 is 0 Å². The van der Waals surface area contributed by atoms with Gasteiger partial charge in [-0.15, -0.1) is 0 Å². The Balaban J connectivity index is 1.89. The summed E-state index contributed by atoms with van der Waals surface area (Å²) in [6, 6.07) is 16.3. The van der Waals surface area contributed by atoms with Crippen molar-refractivity contribution in [1.29, 1.82) is 0 Å². The van der Waals surface area contributed by atoms with Crippen LogP contribution in [0.3, 0.4) is 0 Å². The third-order valence-electron chi connectivity index (χ3n) is 4.13. The summed E-state index contributed by atoms with van der Waals surface area (Å²) in [5.74, 6) is 0.0208. The van der Waals surface area contributed by atoms with Crippen LogP contribution in [0.15, 0.2) is 48.5 Å². The molecule has 0 spiro atoms. The molecule has 22 heavy (non-hydrogen) atoms. The van der Waals surface area contributed by atoms with Gasteiger partial charge in [-0.25, -0.2) is 0 Å². The van der Waals surface area contributed by atoms with Crippen molar-refractivity contribution in [3.05, 3.63) is 59.7 Å². The minimum Gasteiger partial charge on any atom is -0.377 e. The molecule has 1 fully saturated rings. The molecule has 0 saturated heterocycles. The van der Waals surface area contributed by atoms with Gasteiger partial charge in [0.2, 0.25) is 0 Å². The zero-order valence-electron chi connectivity index (χ0n) is 13.0. The van der Waals surface area contributed by atoms with E-state index in [1.54, 1.807) is 7.11 Å². The molecule has 1 amide bonds. The zero-order chi connectivity index (χ0) is 15.5. The fraction of sp³-hybridized carbons (Fsp3) is 0.316. The standard InChI is InChI=1S/C19H21NO2/c1-13(22-2)14-7-9-15(10-8-14)17-5-3-4-6-18(17)19(21)20-16-11-12-16/h3-10,13,16H,11-12H2,1-2H3,(H,20,21). The number of hydrogen-bond acceptors (Lipinski definition) is 2. The second-order valence-corrected chi connectivity index (χ2v) is 5.79. The van der Waals surface area contributed by atoms with E-state index < -0.39 is 0 Å². The van der Waals surface area contributed by atoms with E-state index in [9.17, 15) is 4.79 Å². The summed E-state index contributed by atoms with van der Waals surface area (Å²) in [5.41, 5.74) is 3.89. The number of carbonyl (C=O) groups excluding carboxylic acids is 1. The van der Waals surface area contributed by atoms with Gasteiger partial charge in [-0.3, -0.25) is 4.79 Å². The Morgan fingerprint density at radius 1 is 1.14 bits per heavy atom. The average Bonchev–Trinajstić information content (AvgIpc) is 3.38. The average molecular weight is 295 g/mol. The smallest absolute Gasteiger partial charge is 0.252 e. The SMILES string of the molecule is COC(C)c1ccc(-c2ccccc2C(=O)NC2CC2)cc1. The Morgan fingerprint density at radius 3 is 2.45 bits per heavy atom. The number of amides is 1. The van der Waals surface area contributed by atoms with Crippen molar-refractivity contribution in [1.82, 2.24) is 5.32 Å². The van der Waals surface area contributed by atoms with Crippen molar-refractivity contribution < 1.29 is 9.53 Å². The maximum absolute atomic E-state index is 12.4. The Hall–Kier alpha value is -2.13. The summed E-state index contributed by atoms with van der Waals surface area (Å²) >= 11 is 0. The summed E-state index contributed by atoms with van der Waals surface area (Å²) in [5, 5.41) is 3.06. The number of benzene rings is 2. The van der Waals surface area contributed by atoms with E-state index in [1.165, 1.54) is 0 Å². The van der Waals surface area contributed by atoms with Crippen LogP contribution in [0.25, 0.3) is 11.1 Å². The Morgan fingerprint density at radius 2 is 1.82 bits per heavy atom. The highest BCUT2D eigenvalue weighted by molar-refractivity contribution is 6.01. The molecular formula is C19H21NO2. The van der Waals surface area contributed by atoms with E-state index in [1.807, 2.05) is 43.3 Å². The molecule has 3 nitrogen and oxygen atoms in total. The largest absolute Gasteiger partial charge is 0.377 e. The van der Waals surface area contributed by atoms with Crippen LogP contribution < -0.4 is 5.32 Å². The van der Waals surface area contributed by atoms with Crippen LogP contribution in [0, 0.1) is 0 Å². The molecule has 1 aliphatic carbocycles. The van der Waals surface area contributed by atoms with Crippen molar-refractivity contribution in [2.75, 3.05) is 7.11 Å². The fourth-order valence-corrected chi connectivity index (χ4v) is 2.49. The number of nitrogens with one attached hydrogen (secondary N) is 1. The third kappa shape index (κ3) is 3.20. The lowest BCUT2D eigenvalue weighted by Crippen LogP contribution is -2.25. The molecule has 0 aliphatic heterocycles. The number of hydrogen-bond donors (Lipinski definition) is 1. The highest BCUT2D eigenvalue weighted by atomic mass is 16.5. The van der Waals surface area contributed by atoms with Gasteiger partial charge in [0.05, 0.1) is 6.10 Å². The van der Waals surface area contributed by atoms with E-state index in [0.29, 0.717) is 6.04 Å². The highest BCUT2D eigenvalue weighted by Gasteiger charge is 2.24. The van der Waals surface area contributed by atoms with Gasteiger partial charge >= 0.3 is 0 Å². The molecule has 2 aromatic rings. The van der Waals surface area contributed by atoms with Crippen LogP contribution in [0.5, 0.6) is 0 Å². The highest BCUT2D eigenvalue weighted by Crippen LogP contribution is 2.27. The maximum Gasteiger partial charge on any atom is 0.252 e. The quantitative estimate of drug-likeness (QED) is 0.907. The molecule has 1 N–H and O–H groups in total. The molecule has 1 aliphatic rings. The topological polar surface area (TPSA) is 38.3 Å². The monoisotopic (exact) mass is 295 g/mol. The van der Waals surface area contributed by atoms with Gasteiger partial charge in [-0.1, -0.05) is 42.5 Å². The first-order chi connectivity index (χ1) is 10.7. The summed E-state index contributed by atoms with van der Waals surface area (Å²) in [4.78, 5) is 12.4. The second kappa shape index (κ2) is 6.32. The molecular weight excluding hydrogens is 274 g/mol. The van der Waals surface area contributed by atoms with Gasteiger partial charge in [0, 0.05) is 18.7 Å². The normalized spacial score (nSPS) is 15.4. The van der Waals surface area contributed by atoms with Crippen molar-refractivity contribution in [2.45, 2.75) is 31.9 Å². The lowest BCUT2D eigenvalue weighted by molar-refractivity contribution is 0.0951. The molecule has 3 heteroatoms. The molecule has 0 aromatic heterocycles. The van der Waals surface area contributed by atoms with E-state index in [4.69, 9.17) is 4.74 Å². The molecule has 0 bridgehead atoms. The number of ether oxygens (including phenoxy) is 1. The van der Waals surface area contributed by atoms with Gasteiger partial charge in [-0.2, -0.15) is 0 Å². The first-order valence-electron chi connectivity index (χ1n) is 7.72. The minimum atomic E-state index is 0.0208. The van der Waals surface area contributed by atoms with Crippen molar-refractivity contribution in [3.63, 3.8) is 0 Å². The summed E-state index contributed by atoms with van der Waals surface area (Å²) < 4.78 is 5.33. The van der Waals surface area contributed by atoms with Crippen molar-refractivity contribution in [3.8, 4) is 11.1 Å². The predicted octanol–water partition coefficient (Wildman–Crippen LogP) is 3.95. The molecule has 114 valence electrons. The molecule has 0 radical (unpaired) electrons. The lowest BCUT2D eigenvalue weighted by atomic mass is 9.97. The Bertz CT molecular complexity index is 659. The van der Waals surface area contributed by atoms with Crippen molar-refractivity contribution in [2.24, 2.45) is 0 Å². The molecule has 2 aromatic carbocycles. The van der Waals surface area contributed by atoms with Gasteiger partial charge in [-0.05, 0) is 42.5 Å². The predicted molar refractivity (Wildman–Crippen MR) is 87.8 cm³/mol. The molecule has 1 atom stereocenters. The summed E-state index contributed by atoms with van der Waals surface area (Å²) in [6.07, 6.45) is 2.26. The van der Waals surface area contributed by atoms with E-state index >= 15 is 0 Å². The van der Waals surface area contributed by atoms with Gasteiger partial charge < -0.3 is 10.1 Å². The Labute approximate surface area is 131 Å². The molecule has 3 rings (SSSR count). The van der Waals surface area contributed by atoms with Gasteiger partial charge in [0.1, 0.15) is 0 Å². The van der Waals surface area contributed by atoms with Crippen LogP contribution in [-0.4, -0.2) is 19.1 Å². The molecule has 1 unspecified atom stereocenters. The third-order valence-corrected chi connectivity index (χ3v) is 4.13. The first kappa shape index (κ1) is 14.8. The number of methoxy groups -OCH3 is 1. The van der Waals surface area contributed by atoms with Crippen LogP contribution in [0.2, 0.25) is 0 Å². The zero-order valence-corrected chi connectivity index (χ0v) is 13.0. The second-order valence-electron chi connectivity index (χ2n) is 5.79. The van der Waals surface area contributed by atoms with Gasteiger partial charge in [0.15, 0.2) is 0 Å². The van der Waals surface area contributed by atoms with Crippen LogP contribution in [0.4, 0.5) is 0 Å². The van der Waals surface area contributed by atoms with Gasteiger partial charge in [0.25, 0.3) is 5.91 Å². The van der Waals surface area contributed by atoms with Crippen LogP contribution in [0.1, 0.15) is 41.8 Å². The maximum atomic E-state index is 12.4. The van der Waals surface area contributed by atoms with E-state index in [2.05, 4.69) is 17.4 Å². The van der Waals surface area contributed by atoms with E-state index in [-0.39, 0.29) is 12.0 Å². The fourth-order valence-electron chi connectivity index (χ4n) is 2.49. The van der Waals surface area contributed by atoms with E-state index in [0.717, 1.165) is 35.1 Å². The lowest BCUT2D eigenvalue weighted by Gasteiger charge is -2.13. The summed E-state index contributed by atoms with van der Waals surface area (Å²) in [7, 11) is 1.70.